The molecule has 0 saturated carbocycles. The summed E-state index contributed by atoms with van der Waals surface area (Å²) >= 11 is 6.00. The number of rotatable bonds is 5. The molecule has 4 heteroatoms. The van der Waals surface area contributed by atoms with Gasteiger partial charge in [-0.3, -0.25) is 0 Å². The molecule has 0 heterocycles. The van der Waals surface area contributed by atoms with Crippen LogP contribution in [0.2, 0.25) is 5.02 Å². The molecule has 0 aliphatic heterocycles. The summed E-state index contributed by atoms with van der Waals surface area (Å²) in [5.74, 6) is -0.0283. The molecular formula is C15H15ClFNO. The van der Waals surface area contributed by atoms with Gasteiger partial charge in [0.05, 0.1) is 0 Å². The number of halogens is 2. The van der Waals surface area contributed by atoms with Crippen LogP contribution >= 0.6 is 11.6 Å². The minimum atomic E-state index is -0.224. The molecule has 2 N–H and O–H groups in total. The third kappa shape index (κ3) is 3.94. The van der Waals surface area contributed by atoms with E-state index in [0.717, 1.165) is 18.5 Å². The average molecular weight is 280 g/mol. The highest BCUT2D eigenvalue weighted by molar-refractivity contribution is 6.31. The number of phenolic OH excluding ortho intramolecular Hbond substituents is 1. The number of aromatic hydroxyl groups is 1. The van der Waals surface area contributed by atoms with Crippen molar-refractivity contribution in [3.8, 4) is 5.75 Å². The van der Waals surface area contributed by atoms with Gasteiger partial charge >= 0.3 is 0 Å². The maximum Gasteiger partial charge on any atom is 0.123 e. The Labute approximate surface area is 116 Å². The summed E-state index contributed by atoms with van der Waals surface area (Å²) in [5, 5.41) is 13.4. The van der Waals surface area contributed by atoms with Gasteiger partial charge in [0.2, 0.25) is 0 Å². The van der Waals surface area contributed by atoms with Gasteiger partial charge in [0.15, 0.2) is 0 Å². The SMILES string of the molecule is Oc1cccc(Cl)c1CNCCc1ccc(F)cc1. The third-order valence-corrected chi connectivity index (χ3v) is 3.25. The summed E-state index contributed by atoms with van der Waals surface area (Å²) in [6, 6.07) is 11.5. The molecule has 0 spiro atoms. The lowest BCUT2D eigenvalue weighted by atomic mass is 10.1. The zero-order chi connectivity index (χ0) is 13.7. The van der Waals surface area contributed by atoms with Gasteiger partial charge in [-0.1, -0.05) is 29.8 Å². The highest BCUT2D eigenvalue weighted by atomic mass is 35.5. The van der Waals surface area contributed by atoms with Gasteiger partial charge in [0.1, 0.15) is 11.6 Å². The Morgan fingerprint density at radius 2 is 1.84 bits per heavy atom. The van der Waals surface area contributed by atoms with E-state index >= 15 is 0 Å². The van der Waals surface area contributed by atoms with Gasteiger partial charge in [-0.2, -0.15) is 0 Å². The lowest BCUT2D eigenvalue weighted by molar-refractivity contribution is 0.464. The normalized spacial score (nSPS) is 10.6. The number of hydrogen-bond donors (Lipinski definition) is 2. The van der Waals surface area contributed by atoms with Crippen molar-refractivity contribution in [1.29, 1.82) is 0 Å². The number of benzene rings is 2. The van der Waals surface area contributed by atoms with Crippen molar-refractivity contribution in [2.24, 2.45) is 0 Å². The quantitative estimate of drug-likeness (QED) is 0.821. The van der Waals surface area contributed by atoms with E-state index < -0.39 is 0 Å². The molecule has 0 aliphatic carbocycles. The minimum Gasteiger partial charge on any atom is -0.508 e. The summed E-state index contributed by atoms with van der Waals surface area (Å²) in [7, 11) is 0. The first-order valence-electron chi connectivity index (χ1n) is 6.08. The van der Waals surface area contributed by atoms with Gasteiger partial charge < -0.3 is 10.4 Å². The van der Waals surface area contributed by atoms with Crippen LogP contribution in [0.5, 0.6) is 5.75 Å². The van der Waals surface area contributed by atoms with E-state index in [0.29, 0.717) is 17.1 Å². The fourth-order valence-corrected chi connectivity index (χ4v) is 2.06. The Morgan fingerprint density at radius 3 is 2.53 bits per heavy atom. The predicted molar refractivity (Wildman–Crippen MR) is 74.9 cm³/mol. The van der Waals surface area contributed by atoms with Gasteiger partial charge in [0.25, 0.3) is 0 Å². The molecule has 0 aliphatic rings. The molecule has 2 nitrogen and oxygen atoms in total. The first-order chi connectivity index (χ1) is 9.16. The van der Waals surface area contributed by atoms with Gasteiger partial charge in [0, 0.05) is 17.1 Å². The standard InChI is InChI=1S/C15H15ClFNO/c16-14-2-1-3-15(19)13(14)10-18-9-8-11-4-6-12(17)7-5-11/h1-7,18-19H,8-10H2. The second-order valence-corrected chi connectivity index (χ2v) is 4.70. The fourth-order valence-electron chi connectivity index (χ4n) is 1.82. The Morgan fingerprint density at radius 1 is 1.11 bits per heavy atom. The zero-order valence-electron chi connectivity index (χ0n) is 10.4. The van der Waals surface area contributed by atoms with Gasteiger partial charge in [-0.05, 0) is 42.8 Å². The molecule has 0 unspecified atom stereocenters. The van der Waals surface area contributed by atoms with E-state index in [4.69, 9.17) is 11.6 Å². The van der Waals surface area contributed by atoms with Crippen LogP contribution in [-0.4, -0.2) is 11.7 Å². The van der Waals surface area contributed by atoms with Crippen LogP contribution in [0.1, 0.15) is 11.1 Å². The Hall–Kier alpha value is -1.58. The van der Waals surface area contributed by atoms with Crippen LogP contribution in [0.25, 0.3) is 0 Å². The lowest BCUT2D eigenvalue weighted by Gasteiger charge is -2.08. The molecule has 19 heavy (non-hydrogen) atoms. The van der Waals surface area contributed by atoms with E-state index in [-0.39, 0.29) is 11.6 Å². The van der Waals surface area contributed by atoms with Crippen molar-refractivity contribution in [2.45, 2.75) is 13.0 Å². The van der Waals surface area contributed by atoms with Crippen molar-refractivity contribution >= 4 is 11.6 Å². The molecule has 2 rings (SSSR count). The van der Waals surface area contributed by atoms with E-state index in [2.05, 4.69) is 5.32 Å². The topological polar surface area (TPSA) is 32.3 Å². The first-order valence-corrected chi connectivity index (χ1v) is 6.46. The van der Waals surface area contributed by atoms with Crippen molar-refractivity contribution in [3.63, 3.8) is 0 Å². The average Bonchev–Trinajstić information content (AvgIpc) is 2.39. The summed E-state index contributed by atoms with van der Waals surface area (Å²) < 4.78 is 12.7. The zero-order valence-corrected chi connectivity index (χ0v) is 11.1. The number of hydrogen-bond acceptors (Lipinski definition) is 2. The summed E-state index contributed by atoms with van der Waals surface area (Å²) in [5.41, 5.74) is 1.76. The molecule has 2 aromatic rings. The minimum absolute atomic E-state index is 0.196. The molecule has 0 atom stereocenters. The molecule has 2 aromatic carbocycles. The lowest BCUT2D eigenvalue weighted by Crippen LogP contribution is -2.17. The molecule has 0 bridgehead atoms. The molecule has 0 saturated heterocycles. The first kappa shape index (κ1) is 13.8. The van der Waals surface area contributed by atoms with Crippen LogP contribution in [-0.2, 0) is 13.0 Å². The van der Waals surface area contributed by atoms with E-state index in [1.54, 1.807) is 30.3 Å². The molecule has 0 amide bonds. The molecule has 0 aromatic heterocycles. The van der Waals surface area contributed by atoms with E-state index in [9.17, 15) is 9.50 Å². The molecule has 0 radical (unpaired) electrons. The largest absolute Gasteiger partial charge is 0.508 e. The number of nitrogens with one attached hydrogen (secondary N) is 1. The smallest absolute Gasteiger partial charge is 0.123 e. The van der Waals surface area contributed by atoms with Crippen LogP contribution in [0.4, 0.5) is 4.39 Å². The van der Waals surface area contributed by atoms with Crippen LogP contribution < -0.4 is 5.32 Å². The van der Waals surface area contributed by atoms with Gasteiger partial charge in [-0.15, -0.1) is 0 Å². The van der Waals surface area contributed by atoms with E-state index in [1.165, 1.54) is 12.1 Å². The van der Waals surface area contributed by atoms with Crippen molar-refractivity contribution < 1.29 is 9.50 Å². The van der Waals surface area contributed by atoms with E-state index in [1.807, 2.05) is 0 Å². The number of phenols is 1. The Bertz CT molecular complexity index is 522. The van der Waals surface area contributed by atoms with Crippen molar-refractivity contribution in [1.82, 2.24) is 5.32 Å². The van der Waals surface area contributed by atoms with Crippen LogP contribution in [0.3, 0.4) is 0 Å². The highest BCUT2D eigenvalue weighted by Gasteiger charge is 2.04. The maximum atomic E-state index is 12.7. The summed E-state index contributed by atoms with van der Waals surface area (Å²) in [4.78, 5) is 0. The molecular weight excluding hydrogens is 265 g/mol. The molecule has 0 fully saturated rings. The second kappa shape index (κ2) is 6.55. The van der Waals surface area contributed by atoms with Crippen molar-refractivity contribution in [3.05, 3.63) is 64.4 Å². The highest BCUT2D eigenvalue weighted by Crippen LogP contribution is 2.24. The second-order valence-electron chi connectivity index (χ2n) is 4.29. The van der Waals surface area contributed by atoms with Crippen molar-refractivity contribution in [2.75, 3.05) is 6.54 Å². The molecule has 100 valence electrons. The maximum absolute atomic E-state index is 12.7. The third-order valence-electron chi connectivity index (χ3n) is 2.90. The Balaban J connectivity index is 1.82. The predicted octanol–water partition coefficient (Wildman–Crippen LogP) is 3.52. The van der Waals surface area contributed by atoms with Crippen LogP contribution in [0, 0.1) is 5.82 Å². The van der Waals surface area contributed by atoms with Crippen LogP contribution in [0.15, 0.2) is 42.5 Å². The monoisotopic (exact) mass is 279 g/mol. The Kier molecular flexibility index (Phi) is 4.77. The summed E-state index contributed by atoms with van der Waals surface area (Å²) in [6.07, 6.45) is 0.797. The summed E-state index contributed by atoms with van der Waals surface area (Å²) in [6.45, 7) is 1.24. The fraction of sp³-hybridized carbons (Fsp3) is 0.200. The van der Waals surface area contributed by atoms with Gasteiger partial charge in [-0.25, -0.2) is 4.39 Å².